The molecule has 0 aliphatic carbocycles. The summed E-state index contributed by atoms with van der Waals surface area (Å²) < 4.78 is 29.2. The van der Waals surface area contributed by atoms with Crippen LogP contribution in [-0.4, -0.2) is 28.4 Å². The van der Waals surface area contributed by atoms with Crippen molar-refractivity contribution in [1.82, 2.24) is 0 Å². The lowest BCUT2D eigenvalue weighted by atomic mass is 10.1. The first kappa shape index (κ1) is 19.7. The lowest BCUT2D eigenvalue weighted by molar-refractivity contribution is 0.0600. The minimum Gasteiger partial charge on any atom is -0.755 e. The number of halogens is 2. The van der Waals surface area contributed by atoms with Crippen molar-refractivity contribution < 1.29 is 18.3 Å². The molecule has 0 spiro atoms. The Balaban J connectivity index is 2.25. The molecule has 0 heterocycles. The predicted octanol–water partition coefficient (Wildman–Crippen LogP) is 3.93. The van der Waals surface area contributed by atoms with E-state index in [9.17, 15) is 13.6 Å². The van der Waals surface area contributed by atoms with Gasteiger partial charge in [0, 0.05) is 17.8 Å². The van der Waals surface area contributed by atoms with Crippen LogP contribution in [0.15, 0.2) is 36.4 Å². The van der Waals surface area contributed by atoms with Gasteiger partial charge in [-0.1, -0.05) is 35.3 Å². The topological polar surface area (TPSA) is 69.7 Å². The molecule has 0 N–H and O–H groups in total. The SMILES string of the molecule is COC(=O)c1ccc(N(CCc2cccc(Cl)c2Cl)S(=O)[O-])c(C)c1. The number of anilines is 1. The first-order chi connectivity index (χ1) is 11.8. The molecule has 2 aromatic carbocycles. The van der Waals surface area contributed by atoms with Gasteiger partial charge < -0.3 is 13.6 Å². The Morgan fingerprint density at radius 1 is 1.28 bits per heavy atom. The third-order valence-electron chi connectivity index (χ3n) is 3.68. The second kappa shape index (κ2) is 8.67. The molecular formula is C17H16Cl2NO4S-. The van der Waals surface area contributed by atoms with Gasteiger partial charge in [-0.25, -0.2) is 4.79 Å². The molecule has 0 aromatic heterocycles. The van der Waals surface area contributed by atoms with E-state index in [1.807, 2.05) is 0 Å². The van der Waals surface area contributed by atoms with Crippen LogP contribution in [0.2, 0.25) is 10.0 Å². The van der Waals surface area contributed by atoms with Crippen LogP contribution in [-0.2, 0) is 22.4 Å². The number of carbonyl (C=O) groups is 1. The van der Waals surface area contributed by atoms with E-state index in [2.05, 4.69) is 4.74 Å². The minimum absolute atomic E-state index is 0.189. The Morgan fingerprint density at radius 2 is 2.00 bits per heavy atom. The summed E-state index contributed by atoms with van der Waals surface area (Å²) in [6, 6.07) is 9.93. The number of ether oxygens (including phenoxy) is 1. The van der Waals surface area contributed by atoms with E-state index in [-0.39, 0.29) is 6.54 Å². The monoisotopic (exact) mass is 400 g/mol. The molecule has 134 valence electrons. The third kappa shape index (κ3) is 4.73. The average molecular weight is 401 g/mol. The van der Waals surface area contributed by atoms with Crippen LogP contribution in [0.5, 0.6) is 0 Å². The maximum atomic E-state index is 11.7. The van der Waals surface area contributed by atoms with Crippen molar-refractivity contribution in [3.05, 3.63) is 63.1 Å². The van der Waals surface area contributed by atoms with Crippen molar-refractivity contribution in [2.24, 2.45) is 0 Å². The summed E-state index contributed by atoms with van der Waals surface area (Å²) in [5.41, 5.74) is 2.25. The quantitative estimate of drug-likeness (QED) is 0.543. The molecule has 8 heteroatoms. The molecule has 2 rings (SSSR count). The lowest BCUT2D eigenvalue weighted by Crippen LogP contribution is -2.28. The summed E-state index contributed by atoms with van der Waals surface area (Å²) in [7, 11) is 1.29. The summed E-state index contributed by atoms with van der Waals surface area (Å²) in [4.78, 5) is 11.6. The van der Waals surface area contributed by atoms with Crippen molar-refractivity contribution in [1.29, 1.82) is 0 Å². The fraction of sp³-hybridized carbons (Fsp3) is 0.235. The Bertz CT molecular complexity index is 813. The molecule has 1 atom stereocenters. The second-order valence-corrected chi connectivity index (χ2v) is 6.94. The fourth-order valence-corrected chi connectivity index (χ4v) is 3.44. The summed E-state index contributed by atoms with van der Waals surface area (Å²) in [6.45, 7) is 1.92. The van der Waals surface area contributed by atoms with Crippen molar-refractivity contribution in [2.75, 3.05) is 18.0 Å². The van der Waals surface area contributed by atoms with Gasteiger partial charge in [0.1, 0.15) is 0 Å². The lowest BCUT2D eigenvalue weighted by Gasteiger charge is -2.28. The second-order valence-electron chi connectivity index (χ2n) is 5.28. The average Bonchev–Trinajstić information content (AvgIpc) is 2.58. The molecule has 0 amide bonds. The van der Waals surface area contributed by atoms with Crippen LogP contribution in [0.25, 0.3) is 0 Å². The van der Waals surface area contributed by atoms with E-state index in [4.69, 9.17) is 23.2 Å². The zero-order valence-electron chi connectivity index (χ0n) is 13.6. The Hall–Kier alpha value is -1.60. The largest absolute Gasteiger partial charge is 0.755 e. The fourth-order valence-electron chi connectivity index (χ4n) is 2.42. The van der Waals surface area contributed by atoms with E-state index in [0.717, 1.165) is 5.56 Å². The van der Waals surface area contributed by atoms with Crippen LogP contribution in [0.4, 0.5) is 5.69 Å². The number of nitrogens with zero attached hydrogens (tertiary/aromatic N) is 1. The van der Waals surface area contributed by atoms with Gasteiger partial charge >= 0.3 is 5.97 Å². The van der Waals surface area contributed by atoms with Crippen LogP contribution in [0.3, 0.4) is 0 Å². The highest BCUT2D eigenvalue weighted by Gasteiger charge is 2.14. The van der Waals surface area contributed by atoms with E-state index < -0.39 is 17.2 Å². The summed E-state index contributed by atoms with van der Waals surface area (Å²) in [5, 5.41) is 0.839. The smallest absolute Gasteiger partial charge is 0.337 e. The van der Waals surface area contributed by atoms with E-state index in [0.29, 0.717) is 33.3 Å². The van der Waals surface area contributed by atoms with Gasteiger partial charge in [0.2, 0.25) is 0 Å². The molecule has 0 fully saturated rings. The molecule has 25 heavy (non-hydrogen) atoms. The van der Waals surface area contributed by atoms with Crippen molar-refractivity contribution in [3.8, 4) is 0 Å². The van der Waals surface area contributed by atoms with E-state index in [1.54, 1.807) is 37.3 Å². The summed E-state index contributed by atoms with van der Waals surface area (Å²) in [6.07, 6.45) is 0.394. The van der Waals surface area contributed by atoms with Gasteiger partial charge in [-0.2, -0.15) is 0 Å². The van der Waals surface area contributed by atoms with Crippen molar-refractivity contribution in [3.63, 3.8) is 0 Å². The highest BCUT2D eigenvalue weighted by Crippen LogP contribution is 2.27. The normalized spacial score (nSPS) is 11.9. The molecule has 0 bridgehead atoms. The Kier molecular flexibility index (Phi) is 6.84. The van der Waals surface area contributed by atoms with Crippen LogP contribution < -0.4 is 4.31 Å². The summed E-state index contributed by atoms with van der Waals surface area (Å²) >= 11 is 9.65. The third-order valence-corrected chi connectivity index (χ3v) is 5.28. The van der Waals surface area contributed by atoms with Crippen molar-refractivity contribution >= 4 is 46.1 Å². The number of hydrogen-bond donors (Lipinski definition) is 0. The van der Waals surface area contributed by atoms with Crippen LogP contribution >= 0.6 is 23.2 Å². The van der Waals surface area contributed by atoms with Gasteiger partial charge in [-0.3, -0.25) is 4.21 Å². The molecule has 2 aromatic rings. The predicted molar refractivity (Wildman–Crippen MR) is 99.0 cm³/mol. The standard InChI is InChI=1S/C17H17Cl2NO4S/c1-11-10-13(17(21)24-2)6-7-15(11)20(25(22)23)9-8-12-4-3-5-14(18)16(12)19/h3-7,10H,8-9H2,1-2H3,(H,22,23)/p-1. The number of carbonyl (C=O) groups excluding carboxylic acids is 1. The molecule has 1 unspecified atom stereocenters. The first-order valence-corrected chi connectivity index (χ1v) is 9.12. The van der Waals surface area contributed by atoms with Crippen LogP contribution in [0, 0.1) is 6.92 Å². The number of methoxy groups -OCH3 is 1. The summed E-state index contributed by atoms with van der Waals surface area (Å²) in [5.74, 6) is -0.477. The van der Waals surface area contributed by atoms with Gasteiger partial charge in [0.25, 0.3) is 0 Å². The molecule has 5 nitrogen and oxygen atoms in total. The number of benzene rings is 2. The highest BCUT2D eigenvalue weighted by molar-refractivity contribution is 7.80. The first-order valence-electron chi connectivity index (χ1n) is 7.34. The Labute approximate surface area is 158 Å². The molecule has 0 saturated carbocycles. The molecule has 0 saturated heterocycles. The Morgan fingerprint density at radius 3 is 2.60 bits per heavy atom. The molecule has 0 radical (unpaired) electrons. The number of hydrogen-bond acceptors (Lipinski definition) is 4. The van der Waals surface area contributed by atoms with Gasteiger partial charge in [0.15, 0.2) is 0 Å². The maximum Gasteiger partial charge on any atom is 0.337 e. The van der Waals surface area contributed by atoms with Crippen molar-refractivity contribution in [2.45, 2.75) is 13.3 Å². The van der Waals surface area contributed by atoms with Gasteiger partial charge in [-0.05, 0) is 48.7 Å². The zero-order chi connectivity index (χ0) is 18.6. The zero-order valence-corrected chi connectivity index (χ0v) is 16.0. The number of rotatable bonds is 6. The molecule has 0 aliphatic heterocycles. The van der Waals surface area contributed by atoms with Gasteiger partial charge in [0.05, 0.1) is 28.4 Å². The van der Waals surface area contributed by atoms with Gasteiger partial charge in [-0.15, -0.1) is 0 Å². The number of aryl methyl sites for hydroxylation is 1. The molecular weight excluding hydrogens is 385 g/mol. The van der Waals surface area contributed by atoms with E-state index >= 15 is 0 Å². The van der Waals surface area contributed by atoms with E-state index in [1.165, 1.54) is 17.5 Å². The molecule has 0 aliphatic rings. The number of esters is 1. The van der Waals surface area contributed by atoms with Crippen LogP contribution in [0.1, 0.15) is 21.5 Å². The maximum absolute atomic E-state index is 11.7. The highest BCUT2D eigenvalue weighted by atomic mass is 35.5. The minimum atomic E-state index is -2.48.